The first kappa shape index (κ1) is 15.3. The third kappa shape index (κ3) is 4.42. The summed E-state index contributed by atoms with van der Waals surface area (Å²) in [7, 11) is 1.83. The van der Waals surface area contributed by atoms with Crippen molar-refractivity contribution < 1.29 is 9.21 Å². The molecule has 19 heavy (non-hydrogen) atoms. The van der Waals surface area contributed by atoms with Crippen LogP contribution in [-0.4, -0.2) is 29.9 Å². The van der Waals surface area contributed by atoms with Crippen molar-refractivity contribution in [2.24, 2.45) is 5.92 Å². The number of furan rings is 1. The van der Waals surface area contributed by atoms with Gasteiger partial charge >= 0.3 is 0 Å². The smallest absolute Gasteiger partial charge is 0.235 e. The van der Waals surface area contributed by atoms with Gasteiger partial charge in [-0.3, -0.25) is 9.69 Å². The summed E-state index contributed by atoms with van der Waals surface area (Å²) < 4.78 is 5.22. The lowest BCUT2D eigenvalue weighted by Gasteiger charge is -2.28. The Hall–Kier alpha value is -1.80. The minimum Gasteiger partial charge on any atom is -0.468 e. The average molecular weight is 263 g/mol. The quantitative estimate of drug-likeness (QED) is 0.849. The summed E-state index contributed by atoms with van der Waals surface area (Å²) in [5, 5.41) is 11.9. The van der Waals surface area contributed by atoms with Gasteiger partial charge in [-0.05, 0) is 32.0 Å². The van der Waals surface area contributed by atoms with Crippen LogP contribution >= 0.6 is 0 Å². The summed E-state index contributed by atoms with van der Waals surface area (Å²) in [4.78, 5) is 13.8. The van der Waals surface area contributed by atoms with Gasteiger partial charge in [0.05, 0.1) is 25.4 Å². The highest BCUT2D eigenvalue weighted by Crippen LogP contribution is 2.15. The van der Waals surface area contributed by atoms with Crippen LogP contribution in [0.5, 0.6) is 0 Å². The van der Waals surface area contributed by atoms with E-state index in [1.54, 1.807) is 13.2 Å². The SMILES string of the molecule is CC(C)[C@@](C)(C#N)NC(=O)CN(C)Cc1ccco1. The van der Waals surface area contributed by atoms with Gasteiger partial charge in [-0.25, -0.2) is 0 Å². The van der Waals surface area contributed by atoms with Crippen LogP contribution in [0.3, 0.4) is 0 Å². The number of carbonyl (C=O) groups excluding carboxylic acids is 1. The molecule has 0 saturated carbocycles. The van der Waals surface area contributed by atoms with Crippen molar-refractivity contribution in [3.63, 3.8) is 0 Å². The predicted octanol–water partition coefficient (Wildman–Crippen LogP) is 1.77. The van der Waals surface area contributed by atoms with Crippen LogP contribution in [0.2, 0.25) is 0 Å². The molecule has 0 saturated heterocycles. The first-order chi connectivity index (χ1) is 8.87. The standard InChI is InChI=1S/C14H21N3O2/c1-11(2)14(3,10-15)16-13(18)9-17(4)8-12-6-5-7-19-12/h5-7,11H,8-9H2,1-4H3,(H,16,18)/t14-/m1/s1. The highest BCUT2D eigenvalue weighted by atomic mass is 16.3. The summed E-state index contributed by atoms with van der Waals surface area (Å²) in [6.07, 6.45) is 1.61. The maximum Gasteiger partial charge on any atom is 0.235 e. The fourth-order valence-corrected chi connectivity index (χ4v) is 1.60. The highest BCUT2D eigenvalue weighted by molar-refractivity contribution is 5.79. The molecule has 5 nitrogen and oxygen atoms in total. The third-order valence-corrected chi connectivity index (χ3v) is 3.21. The molecule has 0 fully saturated rings. The lowest BCUT2D eigenvalue weighted by atomic mass is 9.90. The molecule has 0 bridgehead atoms. The minimum atomic E-state index is -0.831. The first-order valence-corrected chi connectivity index (χ1v) is 6.30. The molecule has 0 aliphatic heterocycles. The molecule has 104 valence electrons. The van der Waals surface area contributed by atoms with Crippen LogP contribution in [0.25, 0.3) is 0 Å². The Labute approximate surface area is 114 Å². The Morgan fingerprint density at radius 1 is 1.63 bits per heavy atom. The van der Waals surface area contributed by atoms with Crippen LogP contribution < -0.4 is 5.32 Å². The van der Waals surface area contributed by atoms with Gasteiger partial charge < -0.3 is 9.73 Å². The van der Waals surface area contributed by atoms with Crippen molar-refractivity contribution >= 4 is 5.91 Å². The minimum absolute atomic E-state index is 0.0526. The fraction of sp³-hybridized carbons (Fsp3) is 0.571. The van der Waals surface area contributed by atoms with Crippen molar-refractivity contribution in [3.8, 4) is 6.07 Å². The molecular formula is C14H21N3O2. The van der Waals surface area contributed by atoms with Crippen LogP contribution in [0.15, 0.2) is 22.8 Å². The molecule has 1 rings (SSSR count). The van der Waals surface area contributed by atoms with E-state index in [-0.39, 0.29) is 18.4 Å². The van der Waals surface area contributed by atoms with E-state index in [1.807, 2.05) is 37.9 Å². The number of nitrogens with one attached hydrogen (secondary N) is 1. The summed E-state index contributed by atoms with van der Waals surface area (Å²) in [6, 6.07) is 5.84. The lowest BCUT2D eigenvalue weighted by Crippen LogP contribution is -2.51. The predicted molar refractivity (Wildman–Crippen MR) is 72.0 cm³/mol. The zero-order chi connectivity index (χ0) is 14.5. The second-order valence-electron chi connectivity index (χ2n) is 5.27. The molecule has 1 heterocycles. The number of hydrogen-bond acceptors (Lipinski definition) is 4. The molecule has 0 aromatic carbocycles. The molecule has 0 aliphatic rings. The van der Waals surface area contributed by atoms with E-state index in [4.69, 9.17) is 9.68 Å². The van der Waals surface area contributed by atoms with Crippen LogP contribution in [0.1, 0.15) is 26.5 Å². The number of hydrogen-bond donors (Lipinski definition) is 1. The number of amides is 1. The Morgan fingerprint density at radius 3 is 2.79 bits per heavy atom. The van der Waals surface area contributed by atoms with E-state index in [0.717, 1.165) is 5.76 Å². The Balaban J connectivity index is 2.49. The van der Waals surface area contributed by atoms with Crippen molar-refractivity contribution in [2.45, 2.75) is 32.9 Å². The number of rotatable bonds is 6. The number of carbonyl (C=O) groups is 1. The van der Waals surface area contributed by atoms with Crippen molar-refractivity contribution in [1.29, 1.82) is 5.26 Å². The van der Waals surface area contributed by atoms with Crippen molar-refractivity contribution in [1.82, 2.24) is 10.2 Å². The van der Waals surface area contributed by atoms with Gasteiger partial charge in [-0.1, -0.05) is 13.8 Å². The lowest BCUT2D eigenvalue weighted by molar-refractivity contribution is -0.123. The van der Waals surface area contributed by atoms with E-state index < -0.39 is 5.54 Å². The van der Waals surface area contributed by atoms with Gasteiger partial charge in [0.2, 0.25) is 5.91 Å². The van der Waals surface area contributed by atoms with Crippen molar-refractivity contribution in [2.75, 3.05) is 13.6 Å². The number of nitriles is 1. The van der Waals surface area contributed by atoms with E-state index in [1.165, 1.54) is 0 Å². The summed E-state index contributed by atoms with van der Waals surface area (Å²) in [5.41, 5.74) is -0.831. The highest BCUT2D eigenvalue weighted by Gasteiger charge is 2.30. The van der Waals surface area contributed by atoms with Gasteiger partial charge in [-0.15, -0.1) is 0 Å². The van der Waals surface area contributed by atoms with Gasteiger partial charge in [0.1, 0.15) is 11.3 Å². The Kier molecular flexibility index (Phi) is 5.13. The van der Waals surface area contributed by atoms with Gasteiger partial charge in [0, 0.05) is 0 Å². The first-order valence-electron chi connectivity index (χ1n) is 6.30. The zero-order valence-electron chi connectivity index (χ0n) is 11.9. The maximum absolute atomic E-state index is 11.9. The summed E-state index contributed by atoms with van der Waals surface area (Å²) in [6.45, 7) is 6.35. The molecule has 5 heteroatoms. The summed E-state index contributed by atoms with van der Waals surface area (Å²) in [5.74, 6) is 0.700. The number of likely N-dealkylation sites (N-methyl/N-ethyl adjacent to an activating group) is 1. The normalized spacial score (nSPS) is 14.2. The molecule has 1 aromatic heterocycles. The van der Waals surface area contributed by atoms with Gasteiger partial charge in [0.25, 0.3) is 0 Å². The zero-order valence-corrected chi connectivity index (χ0v) is 11.9. The largest absolute Gasteiger partial charge is 0.468 e. The van der Waals surface area contributed by atoms with E-state index in [0.29, 0.717) is 6.54 Å². The molecular weight excluding hydrogens is 242 g/mol. The van der Waals surface area contributed by atoms with E-state index in [9.17, 15) is 4.79 Å². The molecule has 0 unspecified atom stereocenters. The topological polar surface area (TPSA) is 69.3 Å². The maximum atomic E-state index is 11.9. The number of nitrogens with zero attached hydrogens (tertiary/aromatic N) is 2. The Bertz CT molecular complexity index is 448. The monoisotopic (exact) mass is 263 g/mol. The third-order valence-electron chi connectivity index (χ3n) is 3.21. The van der Waals surface area contributed by atoms with Gasteiger partial charge in [0.15, 0.2) is 0 Å². The van der Waals surface area contributed by atoms with E-state index >= 15 is 0 Å². The van der Waals surface area contributed by atoms with E-state index in [2.05, 4.69) is 11.4 Å². The molecule has 1 atom stereocenters. The molecule has 1 amide bonds. The molecule has 0 radical (unpaired) electrons. The second-order valence-corrected chi connectivity index (χ2v) is 5.27. The summed E-state index contributed by atoms with van der Waals surface area (Å²) >= 11 is 0. The molecule has 0 aliphatic carbocycles. The van der Waals surface area contributed by atoms with Crippen molar-refractivity contribution in [3.05, 3.63) is 24.2 Å². The van der Waals surface area contributed by atoms with Gasteiger partial charge in [-0.2, -0.15) is 5.26 Å². The Morgan fingerprint density at radius 2 is 2.32 bits per heavy atom. The average Bonchev–Trinajstić information content (AvgIpc) is 2.80. The van der Waals surface area contributed by atoms with Crippen LogP contribution in [0.4, 0.5) is 0 Å². The molecule has 0 spiro atoms. The molecule has 1 aromatic rings. The molecule has 1 N–H and O–H groups in total. The second kappa shape index (κ2) is 6.39. The van der Waals surface area contributed by atoms with Crippen LogP contribution in [-0.2, 0) is 11.3 Å². The fourth-order valence-electron chi connectivity index (χ4n) is 1.60. The van der Waals surface area contributed by atoms with Crippen LogP contribution in [0, 0.1) is 17.2 Å².